The maximum atomic E-state index is 5.73. The Morgan fingerprint density at radius 1 is 1.57 bits per heavy atom. The van der Waals surface area contributed by atoms with E-state index in [9.17, 15) is 0 Å². The summed E-state index contributed by atoms with van der Waals surface area (Å²) in [7, 11) is 3.86. The molecule has 5 heteroatoms. The Morgan fingerprint density at radius 2 is 2.39 bits per heavy atom. The van der Waals surface area contributed by atoms with Crippen molar-refractivity contribution in [3.8, 4) is 5.88 Å². The Labute approximate surface area is 139 Å². The first-order chi connectivity index (χ1) is 11.2. The summed E-state index contributed by atoms with van der Waals surface area (Å²) >= 11 is 0. The fourth-order valence-corrected chi connectivity index (χ4v) is 2.27. The van der Waals surface area contributed by atoms with Gasteiger partial charge in [0.2, 0.25) is 5.88 Å². The highest BCUT2D eigenvalue weighted by molar-refractivity contribution is 5.79. The maximum Gasteiger partial charge on any atom is 0.213 e. The Hall–Kier alpha value is -2.04. The van der Waals surface area contributed by atoms with Crippen molar-refractivity contribution < 1.29 is 4.74 Å². The molecule has 1 N–H and O–H groups in total. The number of unbranched alkanes of at least 4 members (excludes halogenated alkanes) is 1. The number of rotatable bonds is 9. The maximum absolute atomic E-state index is 5.73. The van der Waals surface area contributed by atoms with Gasteiger partial charge < -0.3 is 15.0 Å². The Morgan fingerprint density at radius 3 is 3.09 bits per heavy atom. The quantitative estimate of drug-likeness (QED) is 0.329. The van der Waals surface area contributed by atoms with Crippen molar-refractivity contribution in [3.63, 3.8) is 0 Å². The van der Waals surface area contributed by atoms with Gasteiger partial charge in [0.25, 0.3) is 0 Å². The Balaban J connectivity index is 1.80. The Bertz CT molecular complexity index is 526. The van der Waals surface area contributed by atoms with Crippen molar-refractivity contribution in [1.82, 2.24) is 15.2 Å². The SMILES string of the molecule is C=CCCCN(C)C(=NC)NCc1ccnc(OCC2CC2)c1. The lowest BCUT2D eigenvalue weighted by molar-refractivity contribution is 0.288. The summed E-state index contributed by atoms with van der Waals surface area (Å²) < 4.78 is 5.73. The lowest BCUT2D eigenvalue weighted by Crippen LogP contribution is -2.38. The Kier molecular flexibility index (Phi) is 6.91. The van der Waals surface area contributed by atoms with Crippen LogP contribution >= 0.6 is 0 Å². The van der Waals surface area contributed by atoms with Crippen molar-refractivity contribution in [2.75, 3.05) is 27.2 Å². The van der Waals surface area contributed by atoms with Crippen LogP contribution in [-0.4, -0.2) is 43.1 Å². The van der Waals surface area contributed by atoms with E-state index in [1.165, 1.54) is 12.8 Å². The van der Waals surface area contributed by atoms with Crippen LogP contribution in [0.3, 0.4) is 0 Å². The van der Waals surface area contributed by atoms with Gasteiger partial charge in [0.1, 0.15) is 0 Å². The van der Waals surface area contributed by atoms with Gasteiger partial charge >= 0.3 is 0 Å². The van der Waals surface area contributed by atoms with E-state index in [2.05, 4.69) is 33.8 Å². The molecular weight excluding hydrogens is 288 g/mol. The first-order valence-corrected chi connectivity index (χ1v) is 8.33. The van der Waals surface area contributed by atoms with Crippen LogP contribution in [-0.2, 0) is 6.54 Å². The smallest absolute Gasteiger partial charge is 0.213 e. The predicted molar refractivity (Wildman–Crippen MR) is 94.7 cm³/mol. The monoisotopic (exact) mass is 316 g/mol. The molecule has 1 aliphatic rings. The topological polar surface area (TPSA) is 49.8 Å². The van der Waals surface area contributed by atoms with Gasteiger partial charge in [0.15, 0.2) is 5.96 Å². The van der Waals surface area contributed by atoms with Crippen LogP contribution in [0.2, 0.25) is 0 Å². The van der Waals surface area contributed by atoms with Gasteiger partial charge in [-0.15, -0.1) is 6.58 Å². The molecule has 1 aromatic rings. The predicted octanol–water partition coefficient (Wildman–Crippen LogP) is 2.84. The zero-order valence-electron chi connectivity index (χ0n) is 14.3. The molecule has 1 aromatic heterocycles. The molecule has 5 nitrogen and oxygen atoms in total. The molecule has 2 rings (SSSR count). The number of aliphatic imine (C=N–C) groups is 1. The highest BCUT2D eigenvalue weighted by atomic mass is 16.5. The van der Waals surface area contributed by atoms with E-state index in [0.29, 0.717) is 12.4 Å². The molecule has 0 saturated heterocycles. The van der Waals surface area contributed by atoms with E-state index >= 15 is 0 Å². The number of nitrogens with one attached hydrogen (secondary N) is 1. The fourth-order valence-electron chi connectivity index (χ4n) is 2.27. The standard InChI is InChI=1S/C18H28N4O/c1-4-5-6-11-22(3)18(19-2)21-13-16-9-10-20-17(12-16)23-14-15-7-8-15/h4,9-10,12,15H,1,5-8,11,13-14H2,2-3H3,(H,19,21). The second-order valence-electron chi connectivity index (χ2n) is 6.01. The minimum Gasteiger partial charge on any atom is -0.477 e. The van der Waals surface area contributed by atoms with E-state index in [1.54, 1.807) is 6.20 Å². The van der Waals surface area contributed by atoms with Crippen LogP contribution in [0.1, 0.15) is 31.2 Å². The summed E-state index contributed by atoms with van der Waals surface area (Å²) in [5.41, 5.74) is 1.14. The summed E-state index contributed by atoms with van der Waals surface area (Å²) in [5, 5.41) is 3.38. The van der Waals surface area contributed by atoms with Crippen LogP contribution in [0, 0.1) is 5.92 Å². The molecule has 0 spiro atoms. The summed E-state index contributed by atoms with van der Waals surface area (Å²) in [5.74, 6) is 2.35. The molecule has 1 heterocycles. The minimum absolute atomic E-state index is 0.709. The molecule has 23 heavy (non-hydrogen) atoms. The number of hydrogen-bond donors (Lipinski definition) is 1. The molecule has 0 amide bonds. The highest BCUT2D eigenvalue weighted by Gasteiger charge is 2.22. The summed E-state index contributed by atoms with van der Waals surface area (Å²) in [6.45, 7) is 6.21. The van der Waals surface area contributed by atoms with Crippen molar-refractivity contribution >= 4 is 5.96 Å². The van der Waals surface area contributed by atoms with E-state index in [-0.39, 0.29) is 0 Å². The van der Waals surface area contributed by atoms with Gasteiger partial charge in [-0.2, -0.15) is 0 Å². The van der Waals surface area contributed by atoms with Crippen LogP contribution in [0.4, 0.5) is 0 Å². The lowest BCUT2D eigenvalue weighted by Gasteiger charge is -2.22. The number of guanidine groups is 1. The first kappa shape index (κ1) is 17.3. The summed E-state index contributed by atoms with van der Waals surface area (Å²) in [6, 6.07) is 4.00. The second-order valence-corrected chi connectivity index (χ2v) is 6.01. The van der Waals surface area contributed by atoms with Crippen molar-refractivity contribution in [1.29, 1.82) is 0 Å². The van der Waals surface area contributed by atoms with E-state index in [0.717, 1.165) is 43.4 Å². The number of ether oxygens (including phenoxy) is 1. The lowest BCUT2D eigenvalue weighted by atomic mass is 10.2. The zero-order chi connectivity index (χ0) is 16.5. The first-order valence-electron chi connectivity index (χ1n) is 8.33. The van der Waals surface area contributed by atoms with Crippen molar-refractivity contribution in [2.45, 2.75) is 32.2 Å². The molecule has 1 fully saturated rings. The van der Waals surface area contributed by atoms with Crippen LogP contribution < -0.4 is 10.1 Å². The van der Waals surface area contributed by atoms with Gasteiger partial charge in [-0.3, -0.25) is 4.99 Å². The molecule has 1 aliphatic carbocycles. The van der Waals surface area contributed by atoms with E-state index in [4.69, 9.17) is 4.74 Å². The molecule has 1 saturated carbocycles. The van der Waals surface area contributed by atoms with Gasteiger partial charge in [-0.05, 0) is 43.2 Å². The number of allylic oxidation sites excluding steroid dienone is 1. The minimum atomic E-state index is 0.709. The van der Waals surface area contributed by atoms with E-state index in [1.807, 2.05) is 25.3 Å². The average molecular weight is 316 g/mol. The summed E-state index contributed by atoms with van der Waals surface area (Å²) in [6.07, 6.45) is 8.42. The van der Waals surface area contributed by atoms with Gasteiger partial charge in [0.05, 0.1) is 6.61 Å². The number of aromatic nitrogens is 1. The molecular formula is C18H28N4O. The molecule has 0 atom stereocenters. The fraction of sp³-hybridized carbons (Fsp3) is 0.556. The normalized spacial score (nSPS) is 14.4. The second kappa shape index (κ2) is 9.18. The molecule has 0 aromatic carbocycles. The van der Waals surface area contributed by atoms with Gasteiger partial charge in [-0.1, -0.05) is 6.08 Å². The van der Waals surface area contributed by atoms with Crippen LogP contribution in [0.5, 0.6) is 5.88 Å². The summed E-state index contributed by atoms with van der Waals surface area (Å²) in [4.78, 5) is 10.7. The highest BCUT2D eigenvalue weighted by Crippen LogP contribution is 2.29. The molecule has 126 valence electrons. The number of pyridine rings is 1. The van der Waals surface area contributed by atoms with Crippen LogP contribution in [0.25, 0.3) is 0 Å². The van der Waals surface area contributed by atoms with Crippen molar-refractivity contribution in [3.05, 3.63) is 36.5 Å². The molecule has 0 unspecified atom stereocenters. The zero-order valence-corrected chi connectivity index (χ0v) is 14.3. The molecule has 0 bridgehead atoms. The van der Waals surface area contributed by atoms with Crippen LogP contribution in [0.15, 0.2) is 36.0 Å². The molecule has 0 radical (unpaired) electrons. The van der Waals surface area contributed by atoms with Gasteiger partial charge in [-0.25, -0.2) is 4.98 Å². The van der Waals surface area contributed by atoms with Gasteiger partial charge in [0, 0.05) is 39.4 Å². The number of hydrogen-bond acceptors (Lipinski definition) is 3. The third-order valence-corrected chi connectivity index (χ3v) is 3.89. The van der Waals surface area contributed by atoms with E-state index < -0.39 is 0 Å². The number of nitrogens with zero attached hydrogens (tertiary/aromatic N) is 3. The molecule has 0 aliphatic heterocycles. The average Bonchev–Trinajstić information content (AvgIpc) is 3.38. The third kappa shape index (κ3) is 6.30. The largest absolute Gasteiger partial charge is 0.477 e. The van der Waals surface area contributed by atoms with Crippen molar-refractivity contribution in [2.24, 2.45) is 10.9 Å². The third-order valence-electron chi connectivity index (χ3n) is 3.89.